The fourth-order valence-electron chi connectivity index (χ4n) is 5.04. The zero-order valence-electron chi connectivity index (χ0n) is 22.4. The molecule has 1 aliphatic carbocycles. The number of ether oxygens (including phenoxy) is 2. The van der Waals surface area contributed by atoms with Crippen molar-refractivity contribution >= 4 is 18.0 Å². The van der Waals surface area contributed by atoms with Gasteiger partial charge in [-0.05, 0) is 40.2 Å². The largest absolute Gasteiger partial charge is 0.480 e. The molecule has 3 aromatic carbocycles. The lowest BCUT2D eigenvalue weighted by atomic mass is 9.98. The van der Waals surface area contributed by atoms with Crippen LogP contribution in [-0.2, 0) is 25.5 Å². The summed E-state index contributed by atoms with van der Waals surface area (Å²) in [6, 6.07) is 22.7. The molecule has 1 aliphatic rings. The van der Waals surface area contributed by atoms with Crippen molar-refractivity contribution in [3.8, 4) is 11.1 Å². The summed E-state index contributed by atoms with van der Waals surface area (Å²) < 4.78 is 10.7. The first-order valence-corrected chi connectivity index (χ1v) is 13.0. The highest BCUT2D eigenvalue weighted by molar-refractivity contribution is 5.82. The summed E-state index contributed by atoms with van der Waals surface area (Å²) in [4.78, 5) is 38.7. The number of methoxy groups -OCH3 is 1. The van der Waals surface area contributed by atoms with Gasteiger partial charge >= 0.3 is 18.0 Å². The molecule has 8 nitrogen and oxygen atoms in total. The van der Waals surface area contributed by atoms with Gasteiger partial charge in [-0.15, -0.1) is 0 Å². The lowest BCUT2D eigenvalue weighted by molar-refractivity contribution is -0.150. The number of hydrogen-bond acceptors (Lipinski definition) is 6. The second-order valence-electron chi connectivity index (χ2n) is 10.1. The topological polar surface area (TPSA) is 105 Å². The van der Waals surface area contributed by atoms with Crippen molar-refractivity contribution in [2.24, 2.45) is 5.92 Å². The molecule has 3 aromatic rings. The van der Waals surface area contributed by atoms with Crippen molar-refractivity contribution < 1.29 is 29.0 Å². The summed E-state index contributed by atoms with van der Waals surface area (Å²) in [5.74, 6) is -1.95. The van der Waals surface area contributed by atoms with Crippen LogP contribution in [0.25, 0.3) is 11.1 Å². The van der Waals surface area contributed by atoms with Crippen LogP contribution in [0, 0.1) is 5.92 Å². The number of nitrogens with one attached hydrogen (secondary N) is 1. The highest BCUT2D eigenvalue weighted by Gasteiger charge is 2.37. The zero-order chi connectivity index (χ0) is 27.9. The number of carboxylic acids is 1. The van der Waals surface area contributed by atoms with Crippen LogP contribution in [0.4, 0.5) is 4.79 Å². The molecule has 39 heavy (non-hydrogen) atoms. The molecule has 0 aliphatic heterocycles. The van der Waals surface area contributed by atoms with Crippen LogP contribution in [0.5, 0.6) is 0 Å². The molecule has 2 N–H and O–H groups in total. The number of rotatable bonds is 11. The van der Waals surface area contributed by atoms with Crippen LogP contribution in [-0.4, -0.2) is 53.9 Å². The molecule has 2 atom stereocenters. The van der Waals surface area contributed by atoms with Crippen LogP contribution >= 0.6 is 0 Å². The lowest BCUT2D eigenvalue weighted by Crippen LogP contribution is -2.59. The first-order chi connectivity index (χ1) is 18.8. The van der Waals surface area contributed by atoms with Crippen molar-refractivity contribution in [3.05, 3.63) is 95.6 Å². The fourth-order valence-corrected chi connectivity index (χ4v) is 5.04. The minimum absolute atomic E-state index is 0.00971. The monoisotopic (exact) mass is 530 g/mol. The third kappa shape index (κ3) is 6.46. The number of carbonyl (C=O) groups excluding carboxylic acids is 2. The molecule has 1 amide bonds. The van der Waals surface area contributed by atoms with E-state index >= 15 is 0 Å². The third-order valence-electron chi connectivity index (χ3n) is 6.89. The summed E-state index contributed by atoms with van der Waals surface area (Å²) in [6.45, 7) is 3.86. The van der Waals surface area contributed by atoms with E-state index in [1.54, 1.807) is 24.3 Å². The standard InChI is InChI=1S/C31H34N2O6/c1-20(2)17-27(30(36)38-3)32-33(28(29(34)35)18-21-11-5-4-6-12-21)31(37)39-19-26-24-15-9-7-13-22(24)23-14-8-10-16-25(23)26/h4-16,20,26-28,32H,17-19H2,1-3H3,(H,34,35)/t27-,28-/m0/s1. The Morgan fingerprint density at radius 2 is 1.46 bits per heavy atom. The Morgan fingerprint density at radius 3 is 2.00 bits per heavy atom. The van der Waals surface area contributed by atoms with Gasteiger partial charge in [-0.3, -0.25) is 4.79 Å². The number of esters is 1. The molecule has 0 fully saturated rings. The van der Waals surface area contributed by atoms with Crippen molar-refractivity contribution in [3.63, 3.8) is 0 Å². The number of fused-ring (bicyclic) bond motifs is 3. The van der Waals surface area contributed by atoms with Crippen LogP contribution in [0.2, 0.25) is 0 Å². The molecule has 0 saturated heterocycles. The Morgan fingerprint density at radius 1 is 0.897 bits per heavy atom. The van der Waals surface area contributed by atoms with Gasteiger partial charge in [0.15, 0.2) is 6.04 Å². The zero-order valence-corrected chi connectivity index (χ0v) is 22.4. The average Bonchev–Trinajstić information content (AvgIpc) is 3.26. The average molecular weight is 531 g/mol. The van der Waals surface area contributed by atoms with Gasteiger partial charge < -0.3 is 14.6 Å². The van der Waals surface area contributed by atoms with E-state index in [1.807, 2.05) is 68.4 Å². The van der Waals surface area contributed by atoms with Crippen molar-refractivity contribution in [1.29, 1.82) is 0 Å². The summed E-state index contributed by atoms with van der Waals surface area (Å²) in [7, 11) is 1.26. The summed E-state index contributed by atoms with van der Waals surface area (Å²) in [5.41, 5.74) is 7.82. The highest BCUT2D eigenvalue weighted by atomic mass is 16.6. The number of aliphatic carboxylic acids is 1. The quantitative estimate of drug-likeness (QED) is 0.265. The Hall–Kier alpha value is -4.17. The van der Waals surface area contributed by atoms with Gasteiger partial charge in [-0.2, -0.15) is 0 Å². The van der Waals surface area contributed by atoms with Crippen LogP contribution in [0.15, 0.2) is 78.9 Å². The minimum Gasteiger partial charge on any atom is -0.480 e. The van der Waals surface area contributed by atoms with E-state index in [-0.39, 0.29) is 24.9 Å². The normalized spacial score (nSPS) is 13.7. The van der Waals surface area contributed by atoms with Gasteiger partial charge in [0.05, 0.1) is 7.11 Å². The van der Waals surface area contributed by atoms with E-state index < -0.39 is 30.1 Å². The third-order valence-corrected chi connectivity index (χ3v) is 6.89. The van der Waals surface area contributed by atoms with Crippen molar-refractivity contribution in [2.45, 2.75) is 44.7 Å². The molecule has 0 saturated carbocycles. The Labute approximate surface area is 228 Å². The number of hydrogen-bond donors (Lipinski definition) is 2. The van der Waals surface area contributed by atoms with Gasteiger partial charge in [0.25, 0.3) is 0 Å². The van der Waals surface area contributed by atoms with Crippen molar-refractivity contribution in [2.75, 3.05) is 13.7 Å². The van der Waals surface area contributed by atoms with E-state index in [4.69, 9.17) is 9.47 Å². The number of amides is 1. The van der Waals surface area contributed by atoms with Crippen molar-refractivity contribution in [1.82, 2.24) is 10.4 Å². The molecular weight excluding hydrogens is 496 g/mol. The van der Waals surface area contributed by atoms with Gasteiger partial charge in [-0.1, -0.05) is 92.7 Å². The Balaban J connectivity index is 1.62. The molecule has 0 radical (unpaired) electrons. The molecule has 8 heteroatoms. The molecule has 204 valence electrons. The van der Waals surface area contributed by atoms with Gasteiger partial charge in [0.2, 0.25) is 0 Å². The fraction of sp³-hybridized carbons (Fsp3) is 0.323. The number of carbonyl (C=O) groups is 3. The Bertz CT molecular complexity index is 1260. The minimum atomic E-state index is -1.33. The number of nitrogens with zero attached hydrogens (tertiary/aromatic N) is 1. The van der Waals surface area contributed by atoms with E-state index in [2.05, 4.69) is 5.43 Å². The predicted octanol–water partition coefficient (Wildman–Crippen LogP) is 5.03. The molecule has 0 aromatic heterocycles. The maximum absolute atomic E-state index is 13.6. The van der Waals surface area contributed by atoms with E-state index in [0.29, 0.717) is 6.42 Å². The molecule has 0 unspecified atom stereocenters. The number of hydrazine groups is 1. The highest BCUT2D eigenvalue weighted by Crippen LogP contribution is 2.44. The summed E-state index contributed by atoms with van der Waals surface area (Å²) in [5, 5.41) is 11.1. The molecular formula is C31H34N2O6. The smallest absolute Gasteiger partial charge is 0.425 e. The predicted molar refractivity (Wildman–Crippen MR) is 147 cm³/mol. The summed E-state index contributed by atoms with van der Waals surface area (Å²) in [6.07, 6.45) is -0.529. The van der Waals surface area contributed by atoms with E-state index in [0.717, 1.165) is 32.8 Å². The number of carboxylic acid groups (broad SMARTS) is 1. The number of benzene rings is 3. The SMILES string of the molecule is COC(=O)[C@H](CC(C)C)NN(C(=O)OCC1c2ccccc2-c2ccccc21)[C@@H](Cc1ccccc1)C(=O)O. The van der Waals surface area contributed by atoms with Crippen LogP contribution in [0.1, 0.15) is 42.9 Å². The van der Waals surface area contributed by atoms with Crippen LogP contribution < -0.4 is 5.43 Å². The first-order valence-electron chi connectivity index (χ1n) is 13.0. The second kappa shape index (κ2) is 12.6. The molecule has 0 heterocycles. The maximum Gasteiger partial charge on any atom is 0.425 e. The molecule has 0 bridgehead atoms. The van der Waals surface area contributed by atoms with E-state index in [1.165, 1.54) is 7.11 Å². The second-order valence-corrected chi connectivity index (χ2v) is 10.1. The molecule has 0 spiro atoms. The summed E-state index contributed by atoms with van der Waals surface area (Å²) >= 11 is 0. The van der Waals surface area contributed by atoms with Gasteiger partial charge in [-0.25, -0.2) is 20.0 Å². The van der Waals surface area contributed by atoms with Crippen LogP contribution in [0.3, 0.4) is 0 Å². The maximum atomic E-state index is 13.6. The lowest BCUT2D eigenvalue weighted by Gasteiger charge is -2.32. The Kier molecular flexibility index (Phi) is 8.99. The molecule has 4 rings (SSSR count). The van der Waals surface area contributed by atoms with E-state index in [9.17, 15) is 19.5 Å². The van der Waals surface area contributed by atoms with Gasteiger partial charge in [0, 0.05) is 12.3 Å². The van der Waals surface area contributed by atoms with Gasteiger partial charge in [0.1, 0.15) is 12.6 Å². The first kappa shape index (κ1) is 27.9.